The van der Waals surface area contributed by atoms with E-state index in [0.717, 1.165) is 38.0 Å². The first-order chi connectivity index (χ1) is 9.19. The van der Waals surface area contributed by atoms with E-state index in [1.807, 2.05) is 6.07 Å². The van der Waals surface area contributed by atoms with Crippen molar-refractivity contribution in [2.75, 3.05) is 13.2 Å². The molecule has 0 saturated carbocycles. The third-order valence-electron chi connectivity index (χ3n) is 3.91. The standard InChI is InChI=1S/C16H24FNO/c1-3-16-14(7-8-19-16)11-18-12(2)9-13-5-4-6-15(17)10-13/h4-6,10,12,14,16,18H,3,7-9,11H2,1-2H3. The molecule has 2 rings (SSSR count). The van der Waals surface area contributed by atoms with Gasteiger partial charge in [0, 0.05) is 19.2 Å². The van der Waals surface area contributed by atoms with Crippen LogP contribution in [0.1, 0.15) is 32.3 Å². The number of halogens is 1. The fourth-order valence-corrected chi connectivity index (χ4v) is 2.82. The first-order valence-corrected chi connectivity index (χ1v) is 7.28. The Morgan fingerprint density at radius 3 is 3.05 bits per heavy atom. The van der Waals surface area contributed by atoms with Gasteiger partial charge in [-0.3, -0.25) is 0 Å². The number of rotatable bonds is 6. The average molecular weight is 265 g/mol. The molecule has 3 heteroatoms. The summed E-state index contributed by atoms with van der Waals surface area (Å²) >= 11 is 0. The Bertz CT molecular complexity index is 396. The number of nitrogens with one attached hydrogen (secondary N) is 1. The number of benzene rings is 1. The summed E-state index contributed by atoms with van der Waals surface area (Å²) in [4.78, 5) is 0. The molecule has 1 heterocycles. The molecule has 0 amide bonds. The van der Waals surface area contributed by atoms with Crippen LogP contribution in [0.2, 0.25) is 0 Å². The molecule has 1 aromatic carbocycles. The Morgan fingerprint density at radius 2 is 2.32 bits per heavy atom. The molecule has 0 bridgehead atoms. The second-order valence-electron chi connectivity index (χ2n) is 5.51. The lowest BCUT2D eigenvalue weighted by Crippen LogP contribution is -2.35. The number of hydrogen-bond donors (Lipinski definition) is 1. The van der Waals surface area contributed by atoms with Gasteiger partial charge in [0.05, 0.1) is 6.10 Å². The molecule has 19 heavy (non-hydrogen) atoms. The number of hydrogen-bond acceptors (Lipinski definition) is 2. The molecule has 2 nitrogen and oxygen atoms in total. The van der Waals surface area contributed by atoms with Crippen molar-refractivity contribution in [1.82, 2.24) is 5.32 Å². The molecule has 106 valence electrons. The monoisotopic (exact) mass is 265 g/mol. The smallest absolute Gasteiger partial charge is 0.123 e. The van der Waals surface area contributed by atoms with Gasteiger partial charge in [0.1, 0.15) is 5.82 Å². The van der Waals surface area contributed by atoms with Gasteiger partial charge in [-0.2, -0.15) is 0 Å². The molecule has 1 aliphatic rings. The molecule has 1 aliphatic heterocycles. The van der Waals surface area contributed by atoms with Gasteiger partial charge in [0.15, 0.2) is 0 Å². The van der Waals surface area contributed by atoms with Crippen LogP contribution < -0.4 is 5.32 Å². The van der Waals surface area contributed by atoms with Crippen molar-refractivity contribution in [3.8, 4) is 0 Å². The van der Waals surface area contributed by atoms with E-state index in [2.05, 4.69) is 19.2 Å². The molecule has 0 aliphatic carbocycles. The van der Waals surface area contributed by atoms with Gasteiger partial charge < -0.3 is 10.1 Å². The molecule has 3 atom stereocenters. The van der Waals surface area contributed by atoms with E-state index in [-0.39, 0.29) is 5.82 Å². The van der Waals surface area contributed by atoms with Gasteiger partial charge in [-0.05, 0) is 49.8 Å². The fraction of sp³-hybridized carbons (Fsp3) is 0.625. The maximum Gasteiger partial charge on any atom is 0.123 e. The highest BCUT2D eigenvalue weighted by Gasteiger charge is 2.26. The Labute approximate surface area is 115 Å². The Kier molecular flexibility index (Phi) is 5.34. The van der Waals surface area contributed by atoms with Crippen molar-refractivity contribution in [1.29, 1.82) is 0 Å². The van der Waals surface area contributed by atoms with Crippen molar-refractivity contribution in [3.63, 3.8) is 0 Å². The third-order valence-corrected chi connectivity index (χ3v) is 3.91. The van der Waals surface area contributed by atoms with Gasteiger partial charge in [-0.15, -0.1) is 0 Å². The fourth-order valence-electron chi connectivity index (χ4n) is 2.82. The van der Waals surface area contributed by atoms with E-state index >= 15 is 0 Å². The summed E-state index contributed by atoms with van der Waals surface area (Å²) in [6.45, 7) is 6.22. The zero-order valence-electron chi connectivity index (χ0n) is 11.9. The topological polar surface area (TPSA) is 21.3 Å². The molecule has 1 fully saturated rings. The van der Waals surface area contributed by atoms with Gasteiger partial charge >= 0.3 is 0 Å². The molecule has 0 spiro atoms. The Hall–Kier alpha value is -0.930. The highest BCUT2D eigenvalue weighted by Crippen LogP contribution is 2.22. The summed E-state index contributed by atoms with van der Waals surface area (Å²) < 4.78 is 18.8. The van der Waals surface area contributed by atoms with E-state index in [4.69, 9.17) is 4.74 Å². The maximum atomic E-state index is 13.1. The van der Waals surface area contributed by atoms with Crippen molar-refractivity contribution < 1.29 is 9.13 Å². The summed E-state index contributed by atoms with van der Waals surface area (Å²) in [6.07, 6.45) is 3.51. The SMILES string of the molecule is CCC1OCCC1CNC(C)Cc1cccc(F)c1. The van der Waals surface area contributed by atoms with Gasteiger partial charge in [-0.25, -0.2) is 4.39 Å². The second kappa shape index (κ2) is 7.01. The van der Waals surface area contributed by atoms with Crippen LogP contribution in [-0.2, 0) is 11.2 Å². The van der Waals surface area contributed by atoms with Crippen LogP contribution in [0, 0.1) is 11.7 Å². The van der Waals surface area contributed by atoms with Crippen LogP contribution in [0.25, 0.3) is 0 Å². The highest BCUT2D eigenvalue weighted by atomic mass is 19.1. The Balaban J connectivity index is 1.77. The van der Waals surface area contributed by atoms with Gasteiger partial charge in [0.2, 0.25) is 0 Å². The van der Waals surface area contributed by atoms with E-state index in [9.17, 15) is 4.39 Å². The van der Waals surface area contributed by atoms with Crippen molar-refractivity contribution in [3.05, 3.63) is 35.6 Å². The zero-order valence-corrected chi connectivity index (χ0v) is 11.9. The maximum absolute atomic E-state index is 13.1. The largest absolute Gasteiger partial charge is 0.378 e. The van der Waals surface area contributed by atoms with Crippen LogP contribution in [0.15, 0.2) is 24.3 Å². The predicted octanol–water partition coefficient (Wildman–Crippen LogP) is 3.16. The molecular weight excluding hydrogens is 241 g/mol. The van der Waals surface area contributed by atoms with Crippen LogP contribution >= 0.6 is 0 Å². The molecule has 1 aromatic rings. The van der Waals surface area contributed by atoms with E-state index in [1.165, 1.54) is 6.07 Å². The first-order valence-electron chi connectivity index (χ1n) is 7.28. The molecule has 0 radical (unpaired) electrons. The van der Waals surface area contributed by atoms with Crippen LogP contribution in [-0.4, -0.2) is 25.3 Å². The first kappa shape index (κ1) is 14.5. The van der Waals surface area contributed by atoms with Crippen LogP contribution in [0.4, 0.5) is 4.39 Å². The summed E-state index contributed by atoms with van der Waals surface area (Å²) in [5.41, 5.74) is 1.05. The summed E-state index contributed by atoms with van der Waals surface area (Å²) in [7, 11) is 0. The second-order valence-corrected chi connectivity index (χ2v) is 5.51. The summed E-state index contributed by atoms with van der Waals surface area (Å²) in [6, 6.07) is 7.22. The van der Waals surface area contributed by atoms with E-state index in [1.54, 1.807) is 12.1 Å². The minimum atomic E-state index is -0.153. The zero-order chi connectivity index (χ0) is 13.7. The summed E-state index contributed by atoms with van der Waals surface area (Å²) in [5, 5.41) is 3.55. The molecule has 0 aromatic heterocycles. The third kappa shape index (κ3) is 4.29. The normalized spacial score (nSPS) is 24.6. The lowest BCUT2D eigenvalue weighted by atomic mass is 9.98. The highest BCUT2D eigenvalue weighted by molar-refractivity contribution is 5.17. The van der Waals surface area contributed by atoms with Gasteiger partial charge in [-0.1, -0.05) is 19.1 Å². The minimum Gasteiger partial charge on any atom is -0.378 e. The summed E-state index contributed by atoms with van der Waals surface area (Å²) in [5.74, 6) is 0.472. The van der Waals surface area contributed by atoms with Crippen molar-refractivity contribution in [2.45, 2.75) is 45.3 Å². The Morgan fingerprint density at radius 1 is 1.47 bits per heavy atom. The molecule has 1 saturated heterocycles. The van der Waals surface area contributed by atoms with Crippen molar-refractivity contribution >= 4 is 0 Å². The lowest BCUT2D eigenvalue weighted by molar-refractivity contribution is 0.0867. The van der Waals surface area contributed by atoms with Gasteiger partial charge in [0.25, 0.3) is 0 Å². The van der Waals surface area contributed by atoms with E-state index in [0.29, 0.717) is 18.1 Å². The predicted molar refractivity (Wildman–Crippen MR) is 75.7 cm³/mol. The molecule has 3 unspecified atom stereocenters. The van der Waals surface area contributed by atoms with Crippen LogP contribution in [0.3, 0.4) is 0 Å². The van der Waals surface area contributed by atoms with Crippen LogP contribution in [0.5, 0.6) is 0 Å². The lowest BCUT2D eigenvalue weighted by Gasteiger charge is -2.20. The average Bonchev–Trinajstić information content (AvgIpc) is 2.83. The minimum absolute atomic E-state index is 0.153. The number of ether oxygens (including phenoxy) is 1. The molecule has 1 N–H and O–H groups in total. The van der Waals surface area contributed by atoms with Crippen molar-refractivity contribution in [2.24, 2.45) is 5.92 Å². The van der Waals surface area contributed by atoms with E-state index < -0.39 is 0 Å². The molecular formula is C16H24FNO. The quantitative estimate of drug-likeness (QED) is 0.853.